The number of unbranched alkanes of at least 4 members (excludes halogenated alkanes) is 1. The van der Waals surface area contributed by atoms with E-state index in [4.69, 9.17) is 5.73 Å². The van der Waals surface area contributed by atoms with E-state index in [1.807, 2.05) is 6.92 Å². The first kappa shape index (κ1) is 14.7. The topological polar surface area (TPSA) is 90.2 Å². The van der Waals surface area contributed by atoms with E-state index in [1.165, 1.54) is 9.13 Å². The molecule has 0 unspecified atom stereocenters. The maximum atomic E-state index is 12.5. The molecule has 0 aromatic carbocycles. The summed E-state index contributed by atoms with van der Waals surface area (Å²) in [4.78, 5) is 24.7. The molecule has 1 aliphatic rings. The summed E-state index contributed by atoms with van der Waals surface area (Å²) in [6, 6.07) is -0.0838. The van der Waals surface area contributed by atoms with Crippen molar-refractivity contribution >= 4 is 5.69 Å². The van der Waals surface area contributed by atoms with Gasteiger partial charge in [-0.2, -0.15) is 0 Å². The van der Waals surface area contributed by atoms with Gasteiger partial charge in [-0.05, 0) is 19.3 Å². The Balaban J connectivity index is 2.52. The summed E-state index contributed by atoms with van der Waals surface area (Å²) in [6.45, 7) is 2.39. The van der Waals surface area contributed by atoms with Crippen LogP contribution in [0.3, 0.4) is 0 Å². The predicted octanol–water partition coefficient (Wildman–Crippen LogP) is 1.60. The van der Waals surface area contributed by atoms with Crippen molar-refractivity contribution in [3.63, 3.8) is 0 Å². The Morgan fingerprint density at radius 3 is 2.50 bits per heavy atom. The Labute approximate surface area is 117 Å². The third-order valence-corrected chi connectivity index (χ3v) is 4.06. The molecule has 2 rings (SSSR count). The molecule has 1 saturated carbocycles. The minimum absolute atomic E-state index is 0.0838. The van der Waals surface area contributed by atoms with Crippen molar-refractivity contribution < 1.29 is 5.11 Å². The van der Waals surface area contributed by atoms with Gasteiger partial charge in [-0.25, -0.2) is 4.79 Å². The number of aromatic nitrogens is 2. The average Bonchev–Trinajstić information content (AvgIpc) is 2.46. The Bertz CT molecular complexity index is 583. The van der Waals surface area contributed by atoms with Crippen LogP contribution in [0.15, 0.2) is 9.59 Å². The average molecular weight is 281 g/mol. The molecule has 0 saturated heterocycles. The van der Waals surface area contributed by atoms with Crippen LogP contribution in [0.1, 0.15) is 57.9 Å². The van der Waals surface area contributed by atoms with Crippen LogP contribution in [0.4, 0.5) is 5.69 Å². The maximum absolute atomic E-state index is 12.5. The van der Waals surface area contributed by atoms with Gasteiger partial charge in [-0.1, -0.05) is 32.6 Å². The lowest BCUT2D eigenvalue weighted by atomic mass is 9.95. The van der Waals surface area contributed by atoms with Crippen molar-refractivity contribution in [2.45, 2.75) is 64.5 Å². The van der Waals surface area contributed by atoms with Crippen molar-refractivity contribution in [1.29, 1.82) is 0 Å². The third kappa shape index (κ3) is 2.59. The standard InChI is InChI=1S/C14H23N3O3/c1-2-3-9-16-12(18)11(15)13(19)17(14(16)20)10-7-5-4-6-8-10/h10,18H,2-9,15H2,1H3. The molecule has 3 N–H and O–H groups in total. The van der Waals surface area contributed by atoms with Gasteiger partial charge < -0.3 is 10.8 Å². The fourth-order valence-corrected chi connectivity index (χ4v) is 2.86. The van der Waals surface area contributed by atoms with Crippen LogP contribution in [-0.2, 0) is 6.54 Å². The number of hydrogen-bond donors (Lipinski definition) is 2. The molecular formula is C14H23N3O3. The summed E-state index contributed by atoms with van der Waals surface area (Å²) in [6.07, 6.45) is 6.49. The first-order valence-electron chi connectivity index (χ1n) is 7.41. The Kier molecular flexibility index (Phi) is 4.52. The summed E-state index contributed by atoms with van der Waals surface area (Å²) in [7, 11) is 0. The first-order valence-corrected chi connectivity index (χ1v) is 7.41. The number of rotatable bonds is 4. The molecule has 20 heavy (non-hydrogen) atoms. The second kappa shape index (κ2) is 6.15. The fourth-order valence-electron chi connectivity index (χ4n) is 2.86. The van der Waals surface area contributed by atoms with Crippen molar-refractivity contribution in [3.05, 3.63) is 20.8 Å². The summed E-state index contributed by atoms with van der Waals surface area (Å²) >= 11 is 0. The Morgan fingerprint density at radius 1 is 1.25 bits per heavy atom. The van der Waals surface area contributed by atoms with E-state index < -0.39 is 11.2 Å². The summed E-state index contributed by atoms with van der Waals surface area (Å²) in [5.74, 6) is -0.388. The van der Waals surface area contributed by atoms with Crippen LogP contribution >= 0.6 is 0 Å². The minimum Gasteiger partial charge on any atom is -0.493 e. The largest absolute Gasteiger partial charge is 0.493 e. The zero-order valence-electron chi connectivity index (χ0n) is 12.0. The van der Waals surface area contributed by atoms with E-state index >= 15 is 0 Å². The molecule has 1 aromatic heterocycles. The van der Waals surface area contributed by atoms with Crippen molar-refractivity contribution in [2.24, 2.45) is 0 Å². The van der Waals surface area contributed by atoms with Gasteiger partial charge in [0, 0.05) is 12.6 Å². The molecule has 6 nitrogen and oxygen atoms in total. The highest BCUT2D eigenvalue weighted by atomic mass is 16.3. The zero-order chi connectivity index (χ0) is 14.7. The highest BCUT2D eigenvalue weighted by Crippen LogP contribution is 2.26. The van der Waals surface area contributed by atoms with E-state index in [0.29, 0.717) is 6.54 Å². The van der Waals surface area contributed by atoms with Crippen LogP contribution < -0.4 is 17.0 Å². The normalized spacial score (nSPS) is 16.4. The third-order valence-electron chi connectivity index (χ3n) is 4.06. The van der Waals surface area contributed by atoms with Gasteiger partial charge in [0.15, 0.2) is 5.69 Å². The number of hydrogen-bond acceptors (Lipinski definition) is 4. The highest BCUT2D eigenvalue weighted by Gasteiger charge is 2.23. The van der Waals surface area contributed by atoms with Crippen LogP contribution in [0.5, 0.6) is 5.88 Å². The van der Waals surface area contributed by atoms with Crippen molar-refractivity contribution in [1.82, 2.24) is 9.13 Å². The van der Waals surface area contributed by atoms with E-state index in [0.717, 1.165) is 44.9 Å². The molecule has 0 bridgehead atoms. The number of nitrogens with two attached hydrogens (primary N) is 1. The highest BCUT2D eigenvalue weighted by molar-refractivity contribution is 5.45. The molecule has 112 valence electrons. The van der Waals surface area contributed by atoms with Crippen LogP contribution in [0.25, 0.3) is 0 Å². The van der Waals surface area contributed by atoms with Gasteiger partial charge in [0.2, 0.25) is 5.88 Å². The molecule has 1 heterocycles. The molecule has 6 heteroatoms. The van der Waals surface area contributed by atoms with Gasteiger partial charge >= 0.3 is 5.69 Å². The lowest BCUT2D eigenvalue weighted by molar-refractivity contribution is 0.316. The molecule has 0 radical (unpaired) electrons. The predicted molar refractivity (Wildman–Crippen MR) is 78.1 cm³/mol. The number of nitrogens with zero attached hydrogens (tertiary/aromatic N) is 2. The van der Waals surface area contributed by atoms with Crippen molar-refractivity contribution in [3.8, 4) is 5.88 Å². The maximum Gasteiger partial charge on any atom is 0.334 e. The van der Waals surface area contributed by atoms with Gasteiger partial charge in [-0.15, -0.1) is 0 Å². The number of aromatic hydroxyl groups is 1. The molecule has 1 aromatic rings. The minimum atomic E-state index is -0.549. The lowest BCUT2D eigenvalue weighted by Crippen LogP contribution is -2.43. The van der Waals surface area contributed by atoms with Gasteiger partial charge in [0.05, 0.1) is 0 Å². The molecule has 0 spiro atoms. The number of nitrogen functional groups attached to an aromatic ring is 1. The molecule has 1 aliphatic carbocycles. The van der Waals surface area contributed by atoms with Crippen LogP contribution in [0, 0.1) is 0 Å². The quantitative estimate of drug-likeness (QED) is 0.877. The molecule has 0 atom stereocenters. The fraction of sp³-hybridized carbons (Fsp3) is 0.714. The summed E-state index contributed by atoms with van der Waals surface area (Å²) < 4.78 is 2.48. The molecular weight excluding hydrogens is 258 g/mol. The monoisotopic (exact) mass is 281 g/mol. The SMILES string of the molecule is CCCCn1c(O)c(N)c(=O)n(C2CCCCC2)c1=O. The van der Waals surface area contributed by atoms with E-state index in [1.54, 1.807) is 0 Å². The second-order valence-corrected chi connectivity index (χ2v) is 5.49. The van der Waals surface area contributed by atoms with Crippen LogP contribution in [-0.4, -0.2) is 14.2 Å². The Morgan fingerprint density at radius 2 is 1.90 bits per heavy atom. The molecule has 1 fully saturated rings. The van der Waals surface area contributed by atoms with Crippen molar-refractivity contribution in [2.75, 3.05) is 5.73 Å². The van der Waals surface area contributed by atoms with Gasteiger partial charge in [0.1, 0.15) is 0 Å². The van der Waals surface area contributed by atoms with E-state index in [-0.39, 0.29) is 17.6 Å². The lowest BCUT2D eigenvalue weighted by Gasteiger charge is -2.24. The van der Waals surface area contributed by atoms with E-state index in [9.17, 15) is 14.7 Å². The first-order chi connectivity index (χ1) is 9.57. The Hall–Kier alpha value is -1.72. The van der Waals surface area contributed by atoms with Gasteiger partial charge in [-0.3, -0.25) is 13.9 Å². The van der Waals surface area contributed by atoms with Crippen LogP contribution in [0.2, 0.25) is 0 Å². The zero-order valence-corrected chi connectivity index (χ0v) is 12.0. The molecule has 0 amide bonds. The second-order valence-electron chi connectivity index (χ2n) is 5.49. The smallest absolute Gasteiger partial charge is 0.334 e. The van der Waals surface area contributed by atoms with Gasteiger partial charge in [0.25, 0.3) is 5.56 Å². The summed E-state index contributed by atoms with van der Waals surface area (Å²) in [5.41, 5.74) is 4.49. The molecule has 0 aliphatic heterocycles. The van der Waals surface area contributed by atoms with E-state index in [2.05, 4.69) is 0 Å². The number of anilines is 1. The summed E-state index contributed by atoms with van der Waals surface area (Å²) in [5, 5.41) is 9.93.